The molecule has 0 radical (unpaired) electrons. The summed E-state index contributed by atoms with van der Waals surface area (Å²) in [6, 6.07) is 0. The fraction of sp³-hybridized carbons (Fsp3) is 0.846. The van der Waals surface area contributed by atoms with Crippen molar-refractivity contribution in [3.63, 3.8) is 0 Å². The summed E-state index contributed by atoms with van der Waals surface area (Å²) >= 11 is 0. The van der Waals surface area contributed by atoms with E-state index in [1.807, 2.05) is 30.8 Å². The zero-order valence-electron chi connectivity index (χ0n) is 11.2. The van der Waals surface area contributed by atoms with E-state index >= 15 is 0 Å². The number of amides is 1. The van der Waals surface area contributed by atoms with E-state index in [4.69, 9.17) is 0 Å². The molecule has 0 aromatic rings. The summed E-state index contributed by atoms with van der Waals surface area (Å²) in [5.41, 5.74) is 0. The van der Waals surface area contributed by atoms with Crippen LogP contribution in [0, 0.1) is 5.92 Å². The van der Waals surface area contributed by atoms with Gasteiger partial charge in [-0.2, -0.15) is 0 Å². The van der Waals surface area contributed by atoms with Crippen molar-refractivity contribution >= 4 is 11.7 Å². The maximum atomic E-state index is 11.9. The van der Waals surface area contributed by atoms with Gasteiger partial charge >= 0.3 is 0 Å². The van der Waals surface area contributed by atoms with E-state index in [2.05, 4.69) is 0 Å². The molecule has 4 heteroatoms. The van der Waals surface area contributed by atoms with Crippen molar-refractivity contribution in [3.05, 3.63) is 0 Å². The summed E-state index contributed by atoms with van der Waals surface area (Å²) < 4.78 is 0. The first-order valence-corrected chi connectivity index (χ1v) is 6.49. The van der Waals surface area contributed by atoms with Gasteiger partial charge in [0.15, 0.2) is 0 Å². The Bertz CT molecular complexity index is 269. The van der Waals surface area contributed by atoms with Gasteiger partial charge in [0.05, 0.1) is 0 Å². The van der Waals surface area contributed by atoms with Gasteiger partial charge < -0.3 is 9.80 Å². The number of ketones is 1. The van der Waals surface area contributed by atoms with Crippen LogP contribution in [-0.2, 0) is 9.59 Å². The molecule has 98 valence electrons. The van der Waals surface area contributed by atoms with Crippen molar-refractivity contribution < 1.29 is 9.59 Å². The van der Waals surface area contributed by atoms with Gasteiger partial charge in [0.2, 0.25) is 5.91 Å². The average molecular weight is 240 g/mol. The fourth-order valence-electron chi connectivity index (χ4n) is 2.22. The van der Waals surface area contributed by atoms with E-state index in [0.29, 0.717) is 18.6 Å². The molecule has 0 saturated carbocycles. The van der Waals surface area contributed by atoms with Crippen molar-refractivity contribution in [3.8, 4) is 0 Å². The smallest absolute Gasteiger partial charge is 0.223 e. The number of carbonyl (C=O) groups is 2. The third-order valence-corrected chi connectivity index (χ3v) is 3.42. The van der Waals surface area contributed by atoms with E-state index < -0.39 is 0 Å². The summed E-state index contributed by atoms with van der Waals surface area (Å²) in [6.45, 7) is 4.22. The molecule has 1 rings (SSSR count). The summed E-state index contributed by atoms with van der Waals surface area (Å²) in [5.74, 6) is 0.768. The van der Waals surface area contributed by atoms with E-state index in [1.165, 1.54) is 0 Å². The molecule has 0 aromatic heterocycles. The maximum absolute atomic E-state index is 11.9. The Kier molecular flexibility index (Phi) is 5.62. The first kappa shape index (κ1) is 14.2. The zero-order chi connectivity index (χ0) is 12.8. The number of likely N-dealkylation sites (tertiary alicyclic amines) is 1. The second-order valence-electron chi connectivity index (χ2n) is 5.03. The predicted octanol–water partition coefficient (Wildman–Crippen LogP) is 1.16. The van der Waals surface area contributed by atoms with Crippen molar-refractivity contribution in [2.24, 2.45) is 5.92 Å². The van der Waals surface area contributed by atoms with Crippen LogP contribution in [0.25, 0.3) is 0 Å². The van der Waals surface area contributed by atoms with Gasteiger partial charge in [-0.3, -0.25) is 9.59 Å². The van der Waals surface area contributed by atoms with Crippen LogP contribution >= 0.6 is 0 Å². The van der Waals surface area contributed by atoms with Crippen LogP contribution < -0.4 is 0 Å². The first-order chi connectivity index (χ1) is 8.04. The molecule has 1 aliphatic heterocycles. The van der Waals surface area contributed by atoms with Crippen LogP contribution in [0.4, 0.5) is 0 Å². The standard InChI is InChI=1S/C13H24N2O2/c1-4-12(16)11-5-9-15(10-6-11)13(17)7-8-14(2)3/h11H,4-10H2,1-3H3. The molecule has 4 nitrogen and oxygen atoms in total. The topological polar surface area (TPSA) is 40.6 Å². The largest absolute Gasteiger partial charge is 0.343 e. The van der Waals surface area contributed by atoms with Crippen LogP contribution in [0.15, 0.2) is 0 Å². The Morgan fingerprint density at radius 1 is 1.24 bits per heavy atom. The lowest BCUT2D eigenvalue weighted by atomic mass is 9.91. The Labute approximate surface area is 104 Å². The van der Waals surface area contributed by atoms with Gasteiger partial charge in [-0.25, -0.2) is 0 Å². The summed E-state index contributed by atoms with van der Waals surface area (Å²) in [7, 11) is 3.94. The third kappa shape index (κ3) is 4.46. The lowest BCUT2D eigenvalue weighted by Gasteiger charge is -2.31. The second-order valence-corrected chi connectivity index (χ2v) is 5.03. The number of rotatable bonds is 5. The Morgan fingerprint density at radius 2 is 1.82 bits per heavy atom. The molecular weight excluding hydrogens is 216 g/mol. The van der Waals surface area contributed by atoms with Crippen LogP contribution in [0.3, 0.4) is 0 Å². The van der Waals surface area contributed by atoms with Crippen molar-refractivity contribution in [1.82, 2.24) is 9.80 Å². The van der Waals surface area contributed by atoms with Crippen LogP contribution in [-0.4, -0.2) is 55.2 Å². The minimum absolute atomic E-state index is 0.192. The van der Waals surface area contributed by atoms with Gasteiger partial charge in [-0.05, 0) is 26.9 Å². The Morgan fingerprint density at radius 3 is 2.29 bits per heavy atom. The highest BCUT2D eigenvalue weighted by molar-refractivity contribution is 5.81. The fourth-order valence-corrected chi connectivity index (χ4v) is 2.22. The highest BCUT2D eigenvalue weighted by Crippen LogP contribution is 2.19. The van der Waals surface area contributed by atoms with Gasteiger partial charge in [0.1, 0.15) is 5.78 Å². The molecule has 1 heterocycles. The Balaban J connectivity index is 2.31. The van der Waals surface area contributed by atoms with E-state index in [-0.39, 0.29) is 11.8 Å². The van der Waals surface area contributed by atoms with Crippen LogP contribution in [0.2, 0.25) is 0 Å². The molecule has 0 unspecified atom stereocenters. The SMILES string of the molecule is CCC(=O)C1CCN(C(=O)CCN(C)C)CC1. The van der Waals surface area contributed by atoms with Gasteiger partial charge in [-0.1, -0.05) is 6.92 Å². The molecule has 1 amide bonds. The van der Waals surface area contributed by atoms with Crippen molar-refractivity contribution in [1.29, 1.82) is 0 Å². The average Bonchev–Trinajstić information content (AvgIpc) is 2.35. The minimum Gasteiger partial charge on any atom is -0.343 e. The van der Waals surface area contributed by atoms with Crippen molar-refractivity contribution in [2.75, 3.05) is 33.7 Å². The lowest BCUT2D eigenvalue weighted by molar-refractivity contribution is -0.135. The normalized spacial score (nSPS) is 17.5. The molecule has 0 aromatic carbocycles. The number of hydrogen-bond donors (Lipinski definition) is 0. The number of hydrogen-bond acceptors (Lipinski definition) is 3. The summed E-state index contributed by atoms with van der Waals surface area (Å²) in [6.07, 6.45) is 2.90. The molecule has 0 atom stereocenters. The lowest BCUT2D eigenvalue weighted by Crippen LogP contribution is -2.41. The van der Waals surface area contributed by atoms with E-state index in [1.54, 1.807) is 0 Å². The molecule has 17 heavy (non-hydrogen) atoms. The zero-order valence-corrected chi connectivity index (χ0v) is 11.2. The summed E-state index contributed by atoms with van der Waals surface area (Å²) in [5, 5.41) is 0. The molecule has 1 saturated heterocycles. The predicted molar refractivity (Wildman–Crippen MR) is 67.8 cm³/mol. The monoisotopic (exact) mass is 240 g/mol. The quantitative estimate of drug-likeness (QED) is 0.724. The summed E-state index contributed by atoms with van der Waals surface area (Å²) in [4.78, 5) is 27.3. The van der Waals surface area contributed by atoms with Gasteiger partial charge in [0, 0.05) is 38.4 Å². The van der Waals surface area contributed by atoms with Crippen LogP contribution in [0.5, 0.6) is 0 Å². The molecular formula is C13H24N2O2. The third-order valence-electron chi connectivity index (χ3n) is 3.42. The second kappa shape index (κ2) is 6.74. The van der Waals surface area contributed by atoms with E-state index in [0.717, 1.165) is 32.5 Å². The van der Waals surface area contributed by atoms with Crippen molar-refractivity contribution in [2.45, 2.75) is 32.6 Å². The molecule has 1 aliphatic rings. The first-order valence-electron chi connectivity index (χ1n) is 6.49. The number of Topliss-reactive ketones (excluding diaryl/α,β-unsaturated/α-hetero) is 1. The minimum atomic E-state index is 0.192. The van der Waals surface area contributed by atoms with Gasteiger partial charge in [0.25, 0.3) is 0 Å². The number of carbonyl (C=O) groups excluding carboxylic acids is 2. The Hall–Kier alpha value is -0.900. The maximum Gasteiger partial charge on any atom is 0.223 e. The van der Waals surface area contributed by atoms with Gasteiger partial charge in [-0.15, -0.1) is 0 Å². The number of nitrogens with zero attached hydrogens (tertiary/aromatic N) is 2. The molecule has 0 spiro atoms. The highest BCUT2D eigenvalue weighted by Gasteiger charge is 2.25. The molecule has 1 fully saturated rings. The van der Waals surface area contributed by atoms with E-state index in [9.17, 15) is 9.59 Å². The molecule has 0 N–H and O–H groups in total. The van der Waals surface area contributed by atoms with Crippen LogP contribution in [0.1, 0.15) is 32.6 Å². The number of piperidine rings is 1. The molecule has 0 aliphatic carbocycles. The molecule has 0 bridgehead atoms. The highest BCUT2D eigenvalue weighted by atomic mass is 16.2.